The van der Waals surface area contributed by atoms with E-state index in [-0.39, 0.29) is 24.8 Å². The summed E-state index contributed by atoms with van der Waals surface area (Å²) in [5.74, 6) is 0.316. The summed E-state index contributed by atoms with van der Waals surface area (Å²) in [7, 11) is 2.12. The Balaban J connectivity index is 1.26. The van der Waals surface area contributed by atoms with Gasteiger partial charge in [-0.3, -0.25) is 9.69 Å². The minimum Gasteiger partial charge on any atom is -0.476 e. The lowest BCUT2D eigenvalue weighted by Gasteiger charge is -2.32. The SMILES string of the molecule is CN1CCN(CCOc2cc(F)c(-c3ccc(CC(=O)NCc4ncccn4)cc3)cn2)CC1. The van der Waals surface area contributed by atoms with Gasteiger partial charge in [0.25, 0.3) is 0 Å². The average molecular weight is 465 g/mol. The summed E-state index contributed by atoms with van der Waals surface area (Å²) in [6, 6.07) is 10.3. The zero-order valence-electron chi connectivity index (χ0n) is 19.3. The molecule has 0 saturated carbocycles. The Bertz CT molecular complexity index is 1070. The monoisotopic (exact) mass is 464 g/mol. The highest BCUT2D eigenvalue weighted by atomic mass is 19.1. The number of benzene rings is 1. The molecule has 8 nitrogen and oxygen atoms in total. The molecule has 0 aliphatic carbocycles. The van der Waals surface area contributed by atoms with Crippen LogP contribution < -0.4 is 10.1 Å². The number of carbonyl (C=O) groups excluding carboxylic acids is 1. The molecule has 1 saturated heterocycles. The predicted octanol–water partition coefficient (Wildman–Crippen LogP) is 2.16. The lowest BCUT2D eigenvalue weighted by atomic mass is 10.0. The van der Waals surface area contributed by atoms with Crippen LogP contribution in [-0.2, 0) is 17.8 Å². The van der Waals surface area contributed by atoms with Gasteiger partial charge >= 0.3 is 0 Å². The number of rotatable bonds is 9. The highest BCUT2D eigenvalue weighted by Crippen LogP contribution is 2.25. The number of pyridine rings is 1. The van der Waals surface area contributed by atoms with Crippen molar-refractivity contribution < 1.29 is 13.9 Å². The predicted molar refractivity (Wildman–Crippen MR) is 127 cm³/mol. The minimum atomic E-state index is -0.391. The molecule has 1 aliphatic heterocycles. The Labute approximate surface area is 198 Å². The van der Waals surface area contributed by atoms with Crippen molar-refractivity contribution in [3.05, 3.63) is 72.2 Å². The summed E-state index contributed by atoms with van der Waals surface area (Å²) in [5.41, 5.74) is 1.91. The van der Waals surface area contributed by atoms with Crippen molar-refractivity contribution in [2.75, 3.05) is 46.4 Å². The highest BCUT2D eigenvalue weighted by molar-refractivity contribution is 5.78. The third-order valence-corrected chi connectivity index (χ3v) is 5.77. The number of piperazine rings is 1. The molecule has 1 aliphatic rings. The van der Waals surface area contributed by atoms with Gasteiger partial charge in [0.15, 0.2) is 0 Å². The number of carbonyl (C=O) groups is 1. The van der Waals surface area contributed by atoms with Crippen LogP contribution in [0.15, 0.2) is 55.0 Å². The fourth-order valence-corrected chi connectivity index (χ4v) is 3.70. The molecule has 34 heavy (non-hydrogen) atoms. The lowest BCUT2D eigenvalue weighted by Crippen LogP contribution is -2.45. The van der Waals surface area contributed by atoms with Crippen LogP contribution in [0.5, 0.6) is 5.88 Å². The average Bonchev–Trinajstić information content (AvgIpc) is 2.85. The summed E-state index contributed by atoms with van der Waals surface area (Å²) in [5, 5.41) is 2.80. The van der Waals surface area contributed by atoms with E-state index in [9.17, 15) is 9.18 Å². The maximum Gasteiger partial charge on any atom is 0.224 e. The fraction of sp³-hybridized carbons (Fsp3) is 0.360. The first-order valence-electron chi connectivity index (χ1n) is 11.4. The van der Waals surface area contributed by atoms with Crippen molar-refractivity contribution in [2.45, 2.75) is 13.0 Å². The number of amides is 1. The van der Waals surface area contributed by atoms with Crippen molar-refractivity contribution >= 4 is 5.91 Å². The number of hydrogen-bond acceptors (Lipinski definition) is 7. The standard InChI is InChI=1S/C25H29FN6O2/c1-31-9-11-32(12-10-31)13-14-34-25-16-22(26)21(17-30-25)20-5-3-19(4-6-20)15-24(33)29-18-23-27-7-2-8-28-23/h2-8,16-17H,9-15,18H2,1H3,(H,29,33). The van der Waals surface area contributed by atoms with Crippen LogP contribution >= 0.6 is 0 Å². The number of halogens is 1. The molecule has 4 rings (SSSR count). The van der Waals surface area contributed by atoms with Gasteiger partial charge in [-0.1, -0.05) is 24.3 Å². The second kappa shape index (κ2) is 11.6. The molecule has 9 heteroatoms. The van der Waals surface area contributed by atoms with Gasteiger partial charge in [0.1, 0.15) is 18.2 Å². The summed E-state index contributed by atoms with van der Waals surface area (Å²) in [4.78, 5) is 29.2. The van der Waals surface area contributed by atoms with Gasteiger partial charge in [-0.25, -0.2) is 19.3 Å². The van der Waals surface area contributed by atoms with Crippen LogP contribution in [-0.4, -0.2) is 77.0 Å². The number of likely N-dealkylation sites (N-methyl/N-ethyl adjacent to an activating group) is 1. The third-order valence-electron chi connectivity index (χ3n) is 5.77. The molecular formula is C25H29FN6O2. The van der Waals surface area contributed by atoms with E-state index in [1.165, 1.54) is 12.3 Å². The molecule has 0 unspecified atom stereocenters. The number of ether oxygens (including phenoxy) is 1. The van der Waals surface area contributed by atoms with Crippen molar-refractivity contribution in [3.63, 3.8) is 0 Å². The van der Waals surface area contributed by atoms with E-state index in [0.29, 0.717) is 23.6 Å². The van der Waals surface area contributed by atoms with E-state index >= 15 is 0 Å². The van der Waals surface area contributed by atoms with Crippen LogP contribution in [0.25, 0.3) is 11.1 Å². The van der Waals surface area contributed by atoms with Crippen molar-refractivity contribution in [1.29, 1.82) is 0 Å². The van der Waals surface area contributed by atoms with E-state index in [4.69, 9.17) is 4.74 Å². The molecule has 0 bridgehead atoms. The molecule has 1 fully saturated rings. The van der Waals surface area contributed by atoms with E-state index in [0.717, 1.165) is 38.3 Å². The second-order valence-corrected chi connectivity index (χ2v) is 8.31. The molecule has 0 radical (unpaired) electrons. The highest BCUT2D eigenvalue weighted by Gasteiger charge is 2.14. The smallest absolute Gasteiger partial charge is 0.224 e. The van der Waals surface area contributed by atoms with E-state index < -0.39 is 5.82 Å². The van der Waals surface area contributed by atoms with Crippen molar-refractivity contribution in [1.82, 2.24) is 30.1 Å². The number of aromatic nitrogens is 3. The molecule has 0 atom stereocenters. The fourth-order valence-electron chi connectivity index (χ4n) is 3.70. The Hall–Kier alpha value is -3.43. The summed E-state index contributed by atoms with van der Waals surface area (Å²) in [6.45, 7) is 5.67. The first-order chi connectivity index (χ1) is 16.6. The maximum absolute atomic E-state index is 14.7. The Morgan fingerprint density at radius 2 is 1.82 bits per heavy atom. The molecule has 1 amide bonds. The summed E-state index contributed by atoms with van der Waals surface area (Å²) >= 11 is 0. The molecule has 3 aromatic rings. The lowest BCUT2D eigenvalue weighted by molar-refractivity contribution is -0.120. The van der Waals surface area contributed by atoms with Crippen LogP contribution in [0.3, 0.4) is 0 Å². The number of nitrogens with one attached hydrogen (secondary N) is 1. The topological polar surface area (TPSA) is 83.5 Å². The molecule has 0 spiro atoms. The van der Waals surface area contributed by atoms with E-state index in [1.807, 2.05) is 12.1 Å². The van der Waals surface area contributed by atoms with Gasteiger partial charge in [-0.05, 0) is 24.2 Å². The molecular weight excluding hydrogens is 435 g/mol. The molecule has 2 aromatic heterocycles. The Morgan fingerprint density at radius 3 is 2.53 bits per heavy atom. The van der Waals surface area contributed by atoms with Crippen molar-refractivity contribution in [3.8, 4) is 17.0 Å². The van der Waals surface area contributed by atoms with Gasteiger partial charge in [0, 0.05) is 62.9 Å². The number of hydrogen-bond donors (Lipinski definition) is 1. The van der Waals surface area contributed by atoms with Crippen molar-refractivity contribution in [2.24, 2.45) is 0 Å². The van der Waals surface area contributed by atoms with Gasteiger partial charge in [0.2, 0.25) is 11.8 Å². The Morgan fingerprint density at radius 1 is 1.09 bits per heavy atom. The molecule has 3 heterocycles. The van der Waals surface area contributed by atoms with E-state index in [1.54, 1.807) is 30.6 Å². The molecule has 178 valence electrons. The van der Waals surface area contributed by atoms with Gasteiger partial charge < -0.3 is 15.0 Å². The van der Waals surface area contributed by atoms with Crippen LogP contribution in [0.1, 0.15) is 11.4 Å². The normalized spacial score (nSPS) is 14.6. The van der Waals surface area contributed by atoms with Crippen LogP contribution in [0, 0.1) is 5.82 Å². The summed E-state index contributed by atoms with van der Waals surface area (Å²) < 4.78 is 20.4. The Kier molecular flexibility index (Phi) is 8.11. The zero-order valence-corrected chi connectivity index (χ0v) is 19.3. The van der Waals surface area contributed by atoms with Crippen LogP contribution in [0.2, 0.25) is 0 Å². The largest absolute Gasteiger partial charge is 0.476 e. The van der Waals surface area contributed by atoms with Gasteiger partial charge in [-0.15, -0.1) is 0 Å². The first-order valence-corrected chi connectivity index (χ1v) is 11.4. The second-order valence-electron chi connectivity index (χ2n) is 8.31. The van der Waals surface area contributed by atoms with Gasteiger partial charge in [0.05, 0.1) is 13.0 Å². The quantitative estimate of drug-likeness (QED) is 0.520. The maximum atomic E-state index is 14.7. The van der Waals surface area contributed by atoms with Crippen LogP contribution in [0.4, 0.5) is 4.39 Å². The van der Waals surface area contributed by atoms with E-state index in [2.05, 4.69) is 37.1 Å². The zero-order chi connectivity index (χ0) is 23.8. The summed E-state index contributed by atoms with van der Waals surface area (Å²) in [6.07, 6.45) is 4.97. The molecule has 1 aromatic carbocycles. The molecule has 1 N–H and O–H groups in total. The number of nitrogens with zero attached hydrogens (tertiary/aromatic N) is 5. The van der Waals surface area contributed by atoms with Gasteiger partial charge in [-0.2, -0.15) is 0 Å². The third kappa shape index (κ3) is 6.79. The first kappa shape index (κ1) is 23.7. The minimum absolute atomic E-state index is 0.133.